The average Bonchev–Trinajstić information content (AvgIpc) is 3.00. The zero-order valence-corrected chi connectivity index (χ0v) is 12.2. The molecule has 0 radical (unpaired) electrons. The van der Waals surface area contributed by atoms with E-state index >= 15 is 0 Å². The lowest BCUT2D eigenvalue weighted by atomic mass is 9.84. The molecule has 2 fully saturated rings. The third kappa shape index (κ3) is 3.62. The molecule has 0 aliphatic heterocycles. The monoisotopic (exact) mass is 268 g/mol. The standard InChI is InChI=1S/C15H28N2O2/c1-3-13(6-7-18)17-15(19)16-10(2)14-9-11-4-5-12(14)8-11/h10-14,18H,3-9H2,1-2H3,(H2,16,17,19). The van der Waals surface area contributed by atoms with E-state index in [1.807, 2.05) is 6.92 Å². The first-order valence-corrected chi connectivity index (χ1v) is 7.81. The summed E-state index contributed by atoms with van der Waals surface area (Å²) in [5.41, 5.74) is 0. The third-order valence-corrected chi connectivity index (χ3v) is 5.10. The molecular formula is C15H28N2O2. The van der Waals surface area contributed by atoms with Crippen molar-refractivity contribution >= 4 is 6.03 Å². The van der Waals surface area contributed by atoms with Crippen LogP contribution in [0.5, 0.6) is 0 Å². The Kier molecular flexibility index (Phi) is 5.08. The van der Waals surface area contributed by atoms with Gasteiger partial charge in [0.15, 0.2) is 0 Å². The summed E-state index contributed by atoms with van der Waals surface area (Å²) < 4.78 is 0. The summed E-state index contributed by atoms with van der Waals surface area (Å²) in [6, 6.07) is 0.273. The highest BCUT2D eigenvalue weighted by atomic mass is 16.3. The lowest BCUT2D eigenvalue weighted by Crippen LogP contribution is -2.48. The van der Waals surface area contributed by atoms with Crippen molar-refractivity contribution in [2.45, 2.75) is 64.5 Å². The van der Waals surface area contributed by atoms with Crippen LogP contribution in [0.4, 0.5) is 4.79 Å². The van der Waals surface area contributed by atoms with Crippen molar-refractivity contribution in [2.75, 3.05) is 6.61 Å². The molecule has 2 amide bonds. The molecule has 2 aliphatic rings. The number of urea groups is 1. The number of carbonyl (C=O) groups is 1. The molecule has 4 nitrogen and oxygen atoms in total. The second-order valence-electron chi connectivity index (χ2n) is 6.36. The van der Waals surface area contributed by atoms with E-state index in [9.17, 15) is 4.79 Å². The highest BCUT2D eigenvalue weighted by molar-refractivity contribution is 5.74. The van der Waals surface area contributed by atoms with Gasteiger partial charge in [0.1, 0.15) is 0 Å². The van der Waals surface area contributed by atoms with Crippen LogP contribution >= 0.6 is 0 Å². The van der Waals surface area contributed by atoms with E-state index in [0.29, 0.717) is 12.3 Å². The molecule has 0 aromatic heterocycles. The molecular weight excluding hydrogens is 240 g/mol. The van der Waals surface area contributed by atoms with Crippen LogP contribution in [0.2, 0.25) is 0 Å². The summed E-state index contributed by atoms with van der Waals surface area (Å²) in [6.07, 6.45) is 6.91. The highest BCUT2D eigenvalue weighted by Crippen LogP contribution is 2.49. The second kappa shape index (κ2) is 6.60. The Hall–Kier alpha value is -0.770. The number of aliphatic hydroxyl groups excluding tert-OH is 1. The van der Waals surface area contributed by atoms with Gasteiger partial charge in [-0.2, -0.15) is 0 Å². The molecule has 2 rings (SSSR count). The third-order valence-electron chi connectivity index (χ3n) is 5.10. The summed E-state index contributed by atoms with van der Waals surface area (Å²) >= 11 is 0. The first-order valence-electron chi connectivity index (χ1n) is 7.81. The number of fused-ring (bicyclic) bond motifs is 2. The van der Waals surface area contributed by atoms with E-state index < -0.39 is 0 Å². The Balaban J connectivity index is 1.75. The Labute approximate surface area is 116 Å². The van der Waals surface area contributed by atoms with Crippen molar-refractivity contribution in [1.29, 1.82) is 0 Å². The van der Waals surface area contributed by atoms with Gasteiger partial charge >= 0.3 is 6.03 Å². The summed E-state index contributed by atoms with van der Waals surface area (Å²) in [5.74, 6) is 2.42. The zero-order valence-electron chi connectivity index (χ0n) is 12.2. The average molecular weight is 268 g/mol. The van der Waals surface area contributed by atoms with Crippen molar-refractivity contribution in [3.8, 4) is 0 Å². The maximum Gasteiger partial charge on any atom is 0.315 e. The molecule has 0 aromatic rings. The lowest BCUT2D eigenvalue weighted by molar-refractivity contribution is 0.211. The number of nitrogens with one attached hydrogen (secondary N) is 2. The van der Waals surface area contributed by atoms with E-state index in [2.05, 4.69) is 17.6 Å². The number of aliphatic hydroxyl groups is 1. The predicted octanol–water partition coefficient (Wildman–Crippen LogP) is 2.27. The van der Waals surface area contributed by atoms with E-state index in [1.54, 1.807) is 0 Å². The molecule has 2 bridgehead atoms. The summed E-state index contributed by atoms with van der Waals surface area (Å²) in [7, 11) is 0. The molecule has 0 heterocycles. The maximum absolute atomic E-state index is 12.0. The Morgan fingerprint density at radius 1 is 1.32 bits per heavy atom. The Morgan fingerprint density at radius 3 is 2.63 bits per heavy atom. The van der Waals surface area contributed by atoms with Gasteiger partial charge in [-0.25, -0.2) is 4.79 Å². The fourth-order valence-corrected chi connectivity index (χ4v) is 3.98. The molecule has 19 heavy (non-hydrogen) atoms. The van der Waals surface area contributed by atoms with Crippen molar-refractivity contribution in [1.82, 2.24) is 10.6 Å². The molecule has 5 atom stereocenters. The van der Waals surface area contributed by atoms with E-state index in [1.165, 1.54) is 25.7 Å². The van der Waals surface area contributed by atoms with Gasteiger partial charge < -0.3 is 15.7 Å². The van der Waals surface area contributed by atoms with Crippen molar-refractivity contribution < 1.29 is 9.90 Å². The molecule has 0 saturated heterocycles. The first-order chi connectivity index (χ1) is 9.13. The van der Waals surface area contributed by atoms with Gasteiger partial charge in [-0.15, -0.1) is 0 Å². The fourth-order valence-electron chi connectivity index (χ4n) is 3.98. The van der Waals surface area contributed by atoms with E-state index in [-0.39, 0.29) is 24.7 Å². The van der Waals surface area contributed by atoms with Crippen LogP contribution in [-0.4, -0.2) is 29.8 Å². The van der Waals surface area contributed by atoms with Gasteiger partial charge in [0, 0.05) is 18.7 Å². The van der Waals surface area contributed by atoms with Gasteiger partial charge in [0.25, 0.3) is 0 Å². The van der Waals surface area contributed by atoms with Crippen LogP contribution in [-0.2, 0) is 0 Å². The SMILES string of the molecule is CCC(CCO)NC(=O)NC(C)C1CC2CCC1C2. The first kappa shape index (κ1) is 14.6. The summed E-state index contributed by atoms with van der Waals surface area (Å²) in [6.45, 7) is 4.29. The fraction of sp³-hybridized carbons (Fsp3) is 0.933. The Bertz CT molecular complexity index is 309. The van der Waals surface area contributed by atoms with E-state index in [0.717, 1.165) is 18.3 Å². The highest BCUT2D eigenvalue weighted by Gasteiger charge is 2.42. The predicted molar refractivity (Wildman–Crippen MR) is 75.8 cm³/mol. The van der Waals surface area contributed by atoms with Gasteiger partial charge in [-0.3, -0.25) is 0 Å². The van der Waals surface area contributed by atoms with E-state index in [4.69, 9.17) is 5.11 Å². The van der Waals surface area contributed by atoms with Crippen molar-refractivity contribution in [3.05, 3.63) is 0 Å². The summed E-state index contributed by atoms with van der Waals surface area (Å²) in [5, 5.41) is 15.0. The van der Waals surface area contributed by atoms with Gasteiger partial charge in [-0.1, -0.05) is 13.3 Å². The molecule has 2 aliphatic carbocycles. The smallest absolute Gasteiger partial charge is 0.315 e. The van der Waals surface area contributed by atoms with Crippen LogP contribution in [0.25, 0.3) is 0 Å². The molecule has 110 valence electrons. The molecule has 2 saturated carbocycles. The molecule has 3 N–H and O–H groups in total. The lowest BCUT2D eigenvalue weighted by Gasteiger charge is -2.29. The number of amides is 2. The van der Waals surface area contributed by atoms with Crippen molar-refractivity contribution in [3.63, 3.8) is 0 Å². The number of hydrogen-bond donors (Lipinski definition) is 3. The van der Waals surface area contributed by atoms with Gasteiger partial charge in [0.05, 0.1) is 0 Å². The zero-order chi connectivity index (χ0) is 13.8. The molecule has 0 spiro atoms. The summed E-state index contributed by atoms with van der Waals surface area (Å²) in [4.78, 5) is 12.0. The largest absolute Gasteiger partial charge is 0.396 e. The molecule has 5 unspecified atom stereocenters. The molecule has 4 heteroatoms. The number of hydrogen-bond acceptors (Lipinski definition) is 2. The van der Waals surface area contributed by atoms with Crippen LogP contribution in [0, 0.1) is 17.8 Å². The van der Waals surface area contributed by atoms with Gasteiger partial charge in [-0.05, 0) is 56.8 Å². The molecule has 0 aromatic carbocycles. The van der Waals surface area contributed by atoms with Crippen molar-refractivity contribution in [2.24, 2.45) is 17.8 Å². The minimum Gasteiger partial charge on any atom is -0.396 e. The minimum absolute atomic E-state index is 0.0735. The van der Waals surface area contributed by atoms with Gasteiger partial charge in [0.2, 0.25) is 0 Å². The quantitative estimate of drug-likeness (QED) is 0.692. The minimum atomic E-state index is -0.0735. The number of carbonyl (C=O) groups excluding carboxylic acids is 1. The van der Waals surface area contributed by atoms with Crippen LogP contribution in [0.15, 0.2) is 0 Å². The van der Waals surface area contributed by atoms with Crippen LogP contribution in [0.1, 0.15) is 52.4 Å². The topological polar surface area (TPSA) is 61.4 Å². The maximum atomic E-state index is 12.0. The normalized spacial score (nSPS) is 32.1. The number of rotatable bonds is 6. The Morgan fingerprint density at radius 2 is 2.11 bits per heavy atom. The van der Waals surface area contributed by atoms with Crippen LogP contribution < -0.4 is 10.6 Å². The second-order valence-corrected chi connectivity index (χ2v) is 6.36. The van der Waals surface area contributed by atoms with Crippen LogP contribution in [0.3, 0.4) is 0 Å².